The fraction of sp³-hybridized carbons (Fsp3) is 0.941. The number of likely N-dealkylation sites (tertiary alicyclic amines) is 1. The fourth-order valence-corrected chi connectivity index (χ4v) is 4.64. The molecule has 1 amide bonds. The summed E-state index contributed by atoms with van der Waals surface area (Å²) in [6.07, 6.45) is 11.3. The SMILES string of the molecule is NC1CCCC2CN(CC(=O)NC3CCCCCC3)CC12. The van der Waals surface area contributed by atoms with Crippen molar-refractivity contribution >= 4 is 5.91 Å². The van der Waals surface area contributed by atoms with Crippen molar-refractivity contribution in [3.05, 3.63) is 0 Å². The van der Waals surface area contributed by atoms with Gasteiger partial charge < -0.3 is 11.1 Å². The lowest BCUT2D eigenvalue weighted by atomic mass is 9.78. The number of carbonyl (C=O) groups excluding carboxylic acids is 1. The highest BCUT2D eigenvalue weighted by atomic mass is 16.2. The first-order valence-electron chi connectivity index (χ1n) is 8.99. The molecule has 3 rings (SSSR count). The van der Waals surface area contributed by atoms with Crippen molar-refractivity contribution in [1.82, 2.24) is 10.2 Å². The number of rotatable bonds is 3. The number of nitrogens with two attached hydrogens (primary N) is 1. The zero-order valence-corrected chi connectivity index (χ0v) is 13.2. The van der Waals surface area contributed by atoms with Crippen LogP contribution in [-0.2, 0) is 4.79 Å². The number of hydrogen-bond acceptors (Lipinski definition) is 3. The number of nitrogens with zero attached hydrogens (tertiary/aromatic N) is 1. The Labute approximate surface area is 128 Å². The second kappa shape index (κ2) is 7.10. The number of fused-ring (bicyclic) bond motifs is 1. The molecule has 1 saturated heterocycles. The number of carbonyl (C=O) groups is 1. The minimum absolute atomic E-state index is 0.231. The Kier molecular flexibility index (Phi) is 5.17. The second-order valence-corrected chi connectivity index (χ2v) is 7.47. The molecule has 4 heteroatoms. The maximum Gasteiger partial charge on any atom is 0.234 e. The highest BCUT2D eigenvalue weighted by Crippen LogP contribution is 2.35. The predicted molar refractivity (Wildman–Crippen MR) is 84.9 cm³/mol. The van der Waals surface area contributed by atoms with E-state index >= 15 is 0 Å². The highest BCUT2D eigenvalue weighted by Gasteiger charge is 2.39. The molecule has 0 spiro atoms. The summed E-state index contributed by atoms with van der Waals surface area (Å²) < 4.78 is 0. The summed E-state index contributed by atoms with van der Waals surface area (Å²) in [7, 11) is 0. The van der Waals surface area contributed by atoms with Gasteiger partial charge in [0.1, 0.15) is 0 Å². The van der Waals surface area contributed by atoms with Crippen LogP contribution >= 0.6 is 0 Å². The van der Waals surface area contributed by atoms with Crippen molar-refractivity contribution in [3.63, 3.8) is 0 Å². The molecule has 1 aliphatic heterocycles. The van der Waals surface area contributed by atoms with Crippen LogP contribution < -0.4 is 11.1 Å². The van der Waals surface area contributed by atoms with E-state index in [-0.39, 0.29) is 5.91 Å². The van der Waals surface area contributed by atoms with E-state index in [0.717, 1.165) is 19.0 Å². The molecule has 0 bridgehead atoms. The first kappa shape index (κ1) is 15.3. The molecule has 0 radical (unpaired) electrons. The largest absolute Gasteiger partial charge is 0.352 e. The summed E-state index contributed by atoms with van der Waals surface area (Å²) in [4.78, 5) is 14.6. The fourth-order valence-electron chi connectivity index (χ4n) is 4.64. The van der Waals surface area contributed by atoms with Crippen molar-refractivity contribution < 1.29 is 4.79 Å². The zero-order valence-electron chi connectivity index (χ0n) is 13.2. The molecule has 3 fully saturated rings. The molecule has 3 atom stereocenters. The van der Waals surface area contributed by atoms with Crippen molar-refractivity contribution in [2.75, 3.05) is 19.6 Å². The van der Waals surface area contributed by atoms with Gasteiger partial charge in [0.15, 0.2) is 0 Å². The van der Waals surface area contributed by atoms with Gasteiger partial charge in [0.05, 0.1) is 6.54 Å². The topological polar surface area (TPSA) is 58.4 Å². The molecule has 0 aromatic carbocycles. The highest BCUT2D eigenvalue weighted by molar-refractivity contribution is 5.78. The zero-order chi connectivity index (χ0) is 14.7. The maximum atomic E-state index is 12.3. The predicted octanol–water partition coefficient (Wildman–Crippen LogP) is 1.88. The first-order valence-corrected chi connectivity index (χ1v) is 8.99. The van der Waals surface area contributed by atoms with Crippen molar-refractivity contribution in [3.8, 4) is 0 Å². The molecule has 1 heterocycles. The third-order valence-electron chi connectivity index (χ3n) is 5.82. The molecular formula is C17H31N3O. The summed E-state index contributed by atoms with van der Waals surface area (Å²) in [6, 6.07) is 0.783. The van der Waals surface area contributed by atoms with Crippen molar-refractivity contribution in [1.29, 1.82) is 0 Å². The van der Waals surface area contributed by atoms with Crippen molar-refractivity contribution in [2.24, 2.45) is 17.6 Å². The van der Waals surface area contributed by atoms with Crippen LogP contribution in [0.3, 0.4) is 0 Å². The van der Waals surface area contributed by atoms with Gasteiger partial charge in [-0.1, -0.05) is 32.1 Å². The Morgan fingerprint density at radius 1 is 1.00 bits per heavy atom. The lowest BCUT2D eigenvalue weighted by Gasteiger charge is -2.29. The van der Waals surface area contributed by atoms with Gasteiger partial charge >= 0.3 is 0 Å². The molecular weight excluding hydrogens is 262 g/mol. The average molecular weight is 293 g/mol. The van der Waals surface area contributed by atoms with Gasteiger partial charge in [-0.2, -0.15) is 0 Å². The van der Waals surface area contributed by atoms with Crippen LogP contribution in [-0.4, -0.2) is 42.5 Å². The van der Waals surface area contributed by atoms with Gasteiger partial charge in [-0.05, 0) is 37.5 Å². The summed E-state index contributed by atoms with van der Waals surface area (Å²) >= 11 is 0. The molecule has 3 aliphatic rings. The Morgan fingerprint density at radius 2 is 1.76 bits per heavy atom. The molecule has 3 unspecified atom stereocenters. The molecule has 0 aromatic rings. The summed E-state index contributed by atoms with van der Waals surface area (Å²) in [6.45, 7) is 2.69. The molecule has 2 saturated carbocycles. The monoisotopic (exact) mass is 293 g/mol. The van der Waals surface area contributed by atoms with Gasteiger partial charge in [0, 0.05) is 25.2 Å². The minimum Gasteiger partial charge on any atom is -0.352 e. The van der Waals surface area contributed by atoms with Crippen LogP contribution in [0.2, 0.25) is 0 Å². The molecule has 3 N–H and O–H groups in total. The molecule has 0 aromatic heterocycles. The molecule has 4 nitrogen and oxygen atoms in total. The number of hydrogen-bond donors (Lipinski definition) is 2. The van der Waals surface area contributed by atoms with E-state index in [9.17, 15) is 4.79 Å². The summed E-state index contributed by atoms with van der Waals surface area (Å²) in [5, 5.41) is 3.27. The van der Waals surface area contributed by atoms with Gasteiger partial charge in [-0.25, -0.2) is 0 Å². The van der Waals surface area contributed by atoms with Gasteiger partial charge in [-0.15, -0.1) is 0 Å². The quantitative estimate of drug-likeness (QED) is 0.781. The maximum absolute atomic E-state index is 12.3. The van der Waals surface area contributed by atoms with Crippen molar-refractivity contribution in [2.45, 2.75) is 69.9 Å². The third-order valence-corrected chi connectivity index (χ3v) is 5.82. The van der Waals surface area contributed by atoms with Crippen LogP contribution in [0.25, 0.3) is 0 Å². The molecule has 21 heavy (non-hydrogen) atoms. The Balaban J connectivity index is 1.44. The van der Waals surface area contributed by atoms with E-state index in [4.69, 9.17) is 5.73 Å². The van der Waals surface area contributed by atoms with Crippen LogP contribution in [0.15, 0.2) is 0 Å². The number of amides is 1. The summed E-state index contributed by atoms with van der Waals surface area (Å²) in [5.41, 5.74) is 6.25. The van der Waals surface area contributed by atoms with Crippen LogP contribution in [0.4, 0.5) is 0 Å². The van der Waals surface area contributed by atoms with Gasteiger partial charge in [0.25, 0.3) is 0 Å². The lowest BCUT2D eigenvalue weighted by Crippen LogP contribution is -2.42. The van der Waals surface area contributed by atoms with Gasteiger partial charge in [0.2, 0.25) is 5.91 Å². The average Bonchev–Trinajstić information content (AvgIpc) is 2.69. The minimum atomic E-state index is 0.231. The standard InChI is InChI=1S/C17H31N3O/c18-16-9-5-6-13-10-20(11-15(13)16)12-17(21)19-14-7-3-1-2-4-8-14/h13-16H,1-12,18H2,(H,19,21). The van der Waals surface area contributed by atoms with E-state index in [1.807, 2.05) is 0 Å². The van der Waals surface area contributed by atoms with Crippen LogP contribution in [0.5, 0.6) is 0 Å². The van der Waals surface area contributed by atoms with Gasteiger partial charge in [-0.3, -0.25) is 9.69 Å². The van der Waals surface area contributed by atoms with E-state index in [1.54, 1.807) is 0 Å². The smallest absolute Gasteiger partial charge is 0.234 e. The molecule has 120 valence electrons. The van der Waals surface area contributed by atoms with Crippen LogP contribution in [0.1, 0.15) is 57.8 Å². The van der Waals surface area contributed by atoms with E-state index in [0.29, 0.717) is 24.5 Å². The van der Waals surface area contributed by atoms with E-state index in [2.05, 4.69) is 10.2 Å². The summed E-state index contributed by atoms with van der Waals surface area (Å²) in [5.74, 6) is 1.60. The normalized spacial score (nSPS) is 35.2. The third kappa shape index (κ3) is 3.98. The van der Waals surface area contributed by atoms with E-state index < -0.39 is 0 Å². The van der Waals surface area contributed by atoms with Crippen LogP contribution in [0, 0.1) is 11.8 Å². The second-order valence-electron chi connectivity index (χ2n) is 7.47. The Hall–Kier alpha value is -0.610. The Morgan fingerprint density at radius 3 is 2.48 bits per heavy atom. The Bertz CT molecular complexity index is 352. The number of nitrogens with one attached hydrogen (secondary N) is 1. The molecule has 2 aliphatic carbocycles. The first-order chi connectivity index (χ1) is 10.2. The lowest BCUT2D eigenvalue weighted by molar-refractivity contribution is -0.122. The van der Waals surface area contributed by atoms with E-state index in [1.165, 1.54) is 57.8 Å².